The number of ether oxygens (including phenoxy) is 2. The van der Waals surface area contributed by atoms with Crippen molar-refractivity contribution in [2.45, 2.75) is 45.8 Å². The van der Waals surface area contributed by atoms with Gasteiger partial charge in [-0.15, -0.1) is 0 Å². The van der Waals surface area contributed by atoms with E-state index in [0.29, 0.717) is 37.8 Å². The Bertz CT molecular complexity index is 1170. The first-order valence-corrected chi connectivity index (χ1v) is 12.8. The summed E-state index contributed by atoms with van der Waals surface area (Å²) >= 11 is 0. The van der Waals surface area contributed by atoms with E-state index in [1.807, 2.05) is 24.3 Å². The molecule has 4 rings (SSSR count). The van der Waals surface area contributed by atoms with Gasteiger partial charge in [-0.1, -0.05) is 38.1 Å². The number of nitrogens with zero attached hydrogens (tertiary/aromatic N) is 2. The molecule has 0 radical (unpaired) electrons. The molecule has 2 aliphatic heterocycles. The minimum absolute atomic E-state index is 0.0406. The van der Waals surface area contributed by atoms with E-state index in [0.717, 1.165) is 24.7 Å². The summed E-state index contributed by atoms with van der Waals surface area (Å²) in [5.74, 6) is -2.14. The first-order valence-electron chi connectivity index (χ1n) is 12.8. The molecule has 37 heavy (non-hydrogen) atoms. The van der Waals surface area contributed by atoms with Crippen molar-refractivity contribution in [3.63, 3.8) is 0 Å². The van der Waals surface area contributed by atoms with Crippen LogP contribution < -0.4 is 4.74 Å². The van der Waals surface area contributed by atoms with Crippen LogP contribution in [0.2, 0.25) is 0 Å². The van der Waals surface area contributed by atoms with Crippen LogP contribution in [0.15, 0.2) is 48.0 Å². The highest BCUT2D eigenvalue weighted by Gasteiger charge is 2.46. The lowest BCUT2D eigenvalue weighted by Gasteiger charge is -2.31. The summed E-state index contributed by atoms with van der Waals surface area (Å²) in [5.41, 5.74) is 1.91. The Morgan fingerprint density at radius 3 is 2.32 bits per heavy atom. The number of rotatable bonds is 8. The van der Waals surface area contributed by atoms with Crippen LogP contribution in [0.25, 0.3) is 5.76 Å². The summed E-state index contributed by atoms with van der Waals surface area (Å²) in [7, 11) is 0. The van der Waals surface area contributed by atoms with Gasteiger partial charge in [0.1, 0.15) is 5.76 Å². The fourth-order valence-corrected chi connectivity index (χ4v) is 4.75. The molecule has 1 amide bonds. The van der Waals surface area contributed by atoms with Crippen LogP contribution in [0.4, 0.5) is 4.39 Å². The van der Waals surface area contributed by atoms with E-state index in [9.17, 15) is 19.1 Å². The van der Waals surface area contributed by atoms with Crippen LogP contribution in [-0.4, -0.2) is 72.1 Å². The number of aliphatic hydroxyl groups is 1. The third-order valence-corrected chi connectivity index (χ3v) is 6.79. The van der Waals surface area contributed by atoms with E-state index in [2.05, 4.69) is 18.7 Å². The maximum absolute atomic E-state index is 14.7. The molecule has 0 aliphatic carbocycles. The van der Waals surface area contributed by atoms with Gasteiger partial charge in [-0.3, -0.25) is 14.5 Å². The average molecular weight is 511 g/mol. The molecule has 2 heterocycles. The van der Waals surface area contributed by atoms with Gasteiger partial charge in [0.05, 0.1) is 30.9 Å². The maximum Gasteiger partial charge on any atom is 0.295 e. The molecule has 2 fully saturated rings. The largest absolute Gasteiger partial charge is 0.507 e. The Morgan fingerprint density at radius 1 is 1.05 bits per heavy atom. The summed E-state index contributed by atoms with van der Waals surface area (Å²) in [4.78, 5) is 30.2. The van der Waals surface area contributed by atoms with Crippen molar-refractivity contribution in [2.24, 2.45) is 0 Å². The molecule has 1 N–H and O–H groups in total. The molecule has 0 bridgehead atoms. The Kier molecular flexibility index (Phi) is 8.29. The lowest BCUT2D eigenvalue weighted by Crippen LogP contribution is -2.42. The summed E-state index contributed by atoms with van der Waals surface area (Å²) < 4.78 is 25.6. The van der Waals surface area contributed by atoms with Crippen molar-refractivity contribution in [3.8, 4) is 5.75 Å². The van der Waals surface area contributed by atoms with Crippen molar-refractivity contribution < 1.29 is 28.6 Å². The molecule has 198 valence electrons. The third-order valence-electron chi connectivity index (χ3n) is 6.79. The normalized spacial score (nSPS) is 20.3. The zero-order chi connectivity index (χ0) is 26.7. The van der Waals surface area contributed by atoms with Crippen LogP contribution in [0, 0.1) is 5.82 Å². The van der Waals surface area contributed by atoms with Gasteiger partial charge in [-0.2, -0.15) is 0 Å². The van der Waals surface area contributed by atoms with E-state index in [1.165, 1.54) is 17.0 Å². The fraction of sp³-hybridized carbons (Fsp3) is 0.448. The summed E-state index contributed by atoms with van der Waals surface area (Å²) in [6.45, 7) is 11.4. The third kappa shape index (κ3) is 5.86. The van der Waals surface area contributed by atoms with Crippen molar-refractivity contribution >= 4 is 17.4 Å². The molecule has 1 atom stereocenters. The number of aliphatic hydroxyl groups excluding tert-OH is 1. The molecule has 8 heteroatoms. The van der Waals surface area contributed by atoms with Crippen molar-refractivity contribution in [3.05, 3.63) is 70.5 Å². The number of ketones is 1. The van der Waals surface area contributed by atoms with Crippen molar-refractivity contribution in [1.29, 1.82) is 0 Å². The van der Waals surface area contributed by atoms with E-state index in [4.69, 9.17) is 9.47 Å². The number of likely N-dealkylation sites (tertiary alicyclic amines) is 1. The van der Waals surface area contributed by atoms with Gasteiger partial charge in [-0.25, -0.2) is 4.39 Å². The minimum atomic E-state index is -0.781. The summed E-state index contributed by atoms with van der Waals surface area (Å²) in [5, 5.41) is 11.3. The Morgan fingerprint density at radius 2 is 1.73 bits per heavy atom. The number of hydrogen-bond acceptors (Lipinski definition) is 6. The molecule has 0 aromatic heterocycles. The van der Waals surface area contributed by atoms with E-state index < -0.39 is 29.3 Å². The van der Waals surface area contributed by atoms with Crippen LogP contribution in [0.1, 0.15) is 56.3 Å². The molecule has 0 unspecified atom stereocenters. The molecule has 2 aromatic carbocycles. The number of benzene rings is 2. The number of hydrogen-bond donors (Lipinski definition) is 1. The van der Waals surface area contributed by atoms with Gasteiger partial charge in [0.2, 0.25) is 0 Å². The topological polar surface area (TPSA) is 79.3 Å². The second-order valence-corrected chi connectivity index (χ2v) is 10.1. The Hall–Kier alpha value is -3.23. The zero-order valence-corrected chi connectivity index (χ0v) is 21.9. The van der Waals surface area contributed by atoms with E-state index >= 15 is 0 Å². The van der Waals surface area contributed by atoms with Crippen molar-refractivity contribution in [1.82, 2.24) is 9.80 Å². The highest BCUT2D eigenvalue weighted by molar-refractivity contribution is 6.46. The second kappa shape index (κ2) is 11.4. The van der Waals surface area contributed by atoms with E-state index in [1.54, 1.807) is 13.8 Å². The van der Waals surface area contributed by atoms with E-state index in [-0.39, 0.29) is 23.0 Å². The van der Waals surface area contributed by atoms with Gasteiger partial charge in [0.15, 0.2) is 11.6 Å². The van der Waals surface area contributed by atoms with Crippen LogP contribution in [0.3, 0.4) is 0 Å². The number of carbonyl (C=O) groups is 2. The number of morpholine rings is 1. The first kappa shape index (κ1) is 26.8. The molecule has 7 nitrogen and oxygen atoms in total. The summed E-state index contributed by atoms with van der Waals surface area (Å²) in [6, 6.07) is 11.0. The molecule has 0 saturated carbocycles. The van der Waals surface area contributed by atoms with Gasteiger partial charge < -0.3 is 19.5 Å². The standard InChI is InChI=1S/C29H35FN2O5/c1-18(2)20-5-7-21(8-6-20)26-25(27(33)22-9-10-24(23(30)17-22)37-19(3)4)28(34)29(35)32(26)12-11-31-13-15-36-16-14-31/h5-10,17-19,26,33H,11-16H2,1-4H3/t26-/m1/s1. The molecule has 0 spiro atoms. The number of carbonyl (C=O) groups excluding carboxylic acids is 2. The molecule has 2 saturated heterocycles. The smallest absolute Gasteiger partial charge is 0.295 e. The maximum atomic E-state index is 14.7. The van der Waals surface area contributed by atoms with Crippen molar-refractivity contribution in [2.75, 3.05) is 39.4 Å². The predicted octanol–water partition coefficient (Wildman–Crippen LogP) is 4.49. The van der Waals surface area contributed by atoms with Gasteiger partial charge >= 0.3 is 0 Å². The predicted molar refractivity (Wildman–Crippen MR) is 139 cm³/mol. The number of halogens is 1. The Labute approximate surface area is 217 Å². The molecule has 2 aromatic rings. The van der Waals surface area contributed by atoms with Crippen LogP contribution >= 0.6 is 0 Å². The second-order valence-electron chi connectivity index (χ2n) is 10.1. The molecular weight excluding hydrogens is 475 g/mol. The van der Waals surface area contributed by atoms with Gasteiger partial charge in [0.25, 0.3) is 11.7 Å². The minimum Gasteiger partial charge on any atom is -0.507 e. The van der Waals surface area contributed by atoms with Crippen LogP contribution in [0.5, 0.6) is 5.75 Å². The quantitative estimate of drug-likeness (QED) is 0.320. The average Bonchev–Trinajstić information content (AvgIpc) is 3.13. The number of Topliss-reactive ketones (excluding diaryl/α,β-unsaturated/α-hetero) is 1. The van der Waals surface area contributed by atoms with Gasteiger partial charge in [0, 0.05) is 31.7 Å². The first-order chi connectivity index (χ1) is 17.7. The van der Waals surface area contributed by atoms with Gasteiger partial charge in [-0.05, 0) is 49.1 Å². The fourth-order valence-electron chi connectivity index (χ4n) is 4.75. The SMILES string of the molecule is CC(C)Oc1ccc(C(O)=C2C(=O)C(=O)N(CCN3CCOCC3)[C@@H]2c2ccc(C(C)C)cc2)cc1F. The Balaban J connectivity index is 1.73. The molecular formula is C29H35FN2O5. The lowest BCUT2D eigenvalue weighted by molar-refractivity contribution is -0.140. The number of amides is 1. The summed E-state index contributed by atoms with van der Waals surface area (Å²) in [6.07, 6.45) is -0.223. The lowest BCUT2D eigenvalue weighted by atomic mass is 9.93. The van der Waals surface area contributed by atoms with Crippen LogP contribution in [-0.2, 0) is 14.3 Å². The monoisotopic (exact) mass is 510 g/mol. The zero-order valence-electron chi connectivity index (χ0n) is 21.9. The highest BCUT2D eigenvalue weighted by atomic mass is 19.1. The molecule has 2 aliphatic rings. The highest BCUT2D eigenvalue weighted by Crippen LogP contribution is 2.40.